The number of nitrogens with zero attached hydrogens (tertiary/aromatic N) is 3. The molecule has 158 valence electrons. The number of hydrogen-bond acceptors (Lipinski definition) is 3. The summed E-state index contributed by atoms with van der Waals surface area (Å²) in [7, 11) is 0. The highest BCUT2D eigenvalue weighted by atomic mass is 35.5. The summed E-state index contributed by atoms with van der Waals surface area (Å²) in [5.74, 6) is -0.220. The van der Waals surface area contributed by atoms with E-state index in [2.05, 4.69) is 4.90 Å². The molecule has 2 aromatic carbocycles. The first-order chi connectivity index (χ1) is 15.1. The Bertz CT molecular complexity index is 1230. The van der Waals surface area contributed by atoms with Crippen molar-refractivity contribution in [2.45, 2.75) is 6.54 Å². The number of piperazine rings is 1. The zero-order valence-corrected chi connectivity index (χ0v) is 18.4. The molecule has 0 bridgehead atoms. The molecule has 31 heavy (non-hydrogen) atoms. The summed E-state index contributed by atoms with van der Waals surface area (Å²) < 4.78 is 16.5. The Hall–Kier alpha value is -2.83. The first-order valence-electron chi connectivity index (χ1n) is 10.2. The van der Waals surface area contributed by atoms with Crippen LogP contribution in [0, 0.1) is 5.82 Å². The molecular weight excluding hydrogens is 433 g/mol. The first-order valence-corrected chi connectivity index (χ1v) is 11.5. The van der Waals surface area contributed by atoms with Gasteiger partial charge in [0, 0.05) is 43.4 Å². The molecule has 1 amide bonds. The van der Waals surface area contributed by atoms with Gasteiger partial charge in [-0.05, 0) is 53.4 Å². The Labute approximate surface area is 189 Å². The molecule has 7 heteroatoms. The second kappa shape index (κ2) is 8.36. The second-order valence-corrected chi connectivity index (χ2v) is 9.06. The summed E-state index contributed by atoms with van der Waals surface area (Å²) in [6.07, 6.45) is 0. The molecular formula is C24H21ClFN3OS. The molecule has 4 aromatic rings. The second-order valence-electron chi connectivity index (χ2n) is 7.67. The zero-order valence-electron chi connectivity index (χ0n) is 16.8. The van der Waals surface area contributed by atoms with Gasteiger partial charge in [0.1, 0.15) is 11.5 Å². The van der Waals surface area contributed by atoms with Crippen molar-refractivity contribution in [3.63, 3.8) is 0 Å². The van der Waals surface area contributed by atoms with Crippen molar-refractivity contribution in [3.05, 3.63) is 88.1 Å². The molecule has 0 N–H and O–H groups in total. The number of carbonyl (C=O) groups is 1. The summed E-state index contributed by atoms with van der Waals surface area (Å²) >= 11 is 7.76. The number of hydrogen-bond donors (Lipinski definition) is 0. The lowest BCUT2D eigenvalue weighted by atomic mass is 10.2. The molecule has 1 fully saturated rings. The number of thiophene rings is 1. The third kappa shape index (κ3) is 4.05. The van der Waals surface area contributed by atoms with E-state index in [4.69, 9.17) is 11.6 Å². The van der Waals surface area contributed by atoms with Crippen LogP contribution >= 0.6 is 22.9 Å². The number of halogens is 2. The minimum absolute atomic E-state index is 0.0382. The van der Waals surface area contributed by atoms with E-state index in [0.29, 0.717) is 25.3 Å². The summed E-state index contributed by atoms with van der Waals surface area (Å²) in [6, 6.07) is 18.3. The van der Waals surface area contributed by atoms with E-state index in [1.807, 2.05) is 51.2 Å². The van der Waals surface area contributed by atoms with Crippen molar-refractivity contribution < 1.29 is 9.18 Å². The largest absolute Gasteiger partial charge is 0.368 e. The highest BCUT2D eigenvalue weighted by Gasteiger charge is 2.26. The number of amides is 1. The highest BCUT2D eigenvalue weighted by Crippen LogP contribution is 2.28. The normalized spacial score (nSPS) is 14.4. The van der Waals surface area contributed by atoms with Crippen molar-refractivity contribution in [3.8, 4) is 0 Å². The SMILES string of the molecule is O=C(c1cc2sccc2n1Cc1ccc(F)cc1)N1CCN(c2cccc(Cl)c2)CC1. The molecule has 2 aromatic heterocycles. The van der Waals surface area contributed by atoms with E-state index < -0.39 is 0 Å². The van der Waals surface area contributed by atoms with Crippen molar-refractivity contribution in [2.75, 3.05) is 31.1 Å². The van der Waals surface area contributed by atoms with Crippen molar-refractivity contribution in [2.24, 2.45) is 0 Å². The number of anilines is 1. The van der Waals surface area contributed by atoms with Gasteiger partial charge in [-0.2, -0.15) is 0 Å². The Kier molecular flexibility index (Phi) is 5.42. The van der Waals surface area contributed by atoms with Crippen LogP contribution in [0.2, 0.25) is 5.02 Å². The summed E-state index contributed by atoms with van der Waals surface area (Å²) in [5.41, 5.74) is 3.77. The van der Waals surface area contributed by atoms with Gasteiger partial charge in [-0.3, -0.25) is 4.79 Å². The monoisotopic (exact) mass is 453 g/mol. The number of carbonyl (C=O) groups excluding carboxylic acids is 1. The fourth-order valence-corrected chi connectivity index (χ4v) is 5.11. The Morgan fingerprint density at radius 2 is 1.77 bits per heavy atom. The lowest BCUT2D eigenvalue weighted by Gasteiger charge is -2.36. The maximum absolute atomic E-state index is 13.4. The van der Waals surface area contributed by atoms with E-state index in [-0.39, 0.29) is 11.7 Å². The first kappa shape index (κ1) is 20.1. The van der Waals surface area contributed by atoms with Gasteiger partial charge in [-0.15, -0.1) is 11.3 Å². The molecule has 0 radical (unpaired) electrons. The number of fused-ring (bicyclic) bond motifs is 1. The van der Waals surface area contributed by atoms with Gasteiger partial charge in [-0.25, -0.2) is 4.39 Å². The summed E-state index contributed by atoms with van der Waals surface area (Å²) in [6.45, 7) is 3.36. The predicted molar refractivity (Wildman–Crippen MR) is 125 cm³/mol. The molecule has 0 atom stereocenters. The molecule has 0 aliphatic carbocycles. The number of aromatic nitrogens is 1. The maximum atomic E-state index is 13.4. The average Bonchev–Trinajstić information content (AvgIpc) is 3.37. The molecule has 1 aliphatic rings. The smallest absolute Gasteiger partial charge is 0.270 e. The third-order valence-electron chi connectivity index (χ3n) is 5.74. The molecule has 0 spiro atoms. The van der Waals surface area contributed by atoms with E-state index >= 15 is 0 Å². The fraction of sp³-hybridized carbons (Fsp3) is 0.208. The predicted octanol–water partition coefficient (Wildman–Crippen LogP) is 5.51. The van der Waals surface area contributed by atoms with E-state index in [0.717, 1.165) is 39.6 Å². The van der Waals surface area contributed by atoms with Gasteiger partial charge in [0.25, 0.3) is 5.91 Å². The van der Waals surface area contributed by atoms with Crippen LogP contribution in [-0.4, -0.2) is 41.6 Å². The van der Waals surface area contributed by atoms with Crippen LogP contribution in [0.4, 0.5) is 10.1 Å². The Morgan fingerprint density at radius 1 is 1.00 bits per heavy atom. The van der Waals surface area contributed by atoms with Crippen LogP contribution in [-0.2, 0) is 6.54 Å². The minimum Gasteiger partial charge on any atom is -0.368 e. The van der Waals surface area contributed by atoms with Crippen LogP contribution in [0.3, 0.4) is 0 Å². The summed E-state index contributed by atoms with van der Waals surface area (Å²) in [4.78, 5) is 17.6. The molecule has 1 saturated heterocycles. The van der Waals surface area contributed by atoms with Crippen LogP contribution in [0.25, 0.3) is 10.2 Å². The molecule has 3 heterocycles. The van der Waals surface area contributed by atoms with Crippen molar-refractivity contribution in [1.82, 2.24) is 9.47 Å². The maximum Gasteiger partial charge on any atom is 0.270 e. The van der Waals surface area contributed by atoms with Gasteiger partial charge in [0.15, 0.2) is 0 Å². The molecule has 0 unspecified atom stereocenters. The van der Waals surface area contributed by atoms with Crippen LogP contribution < -0.4 is 4.90 Å². The molecule has 0 saturated carbocycles. The van der Waals surface area contributed by atoms with E-state index in [9.17, 15) is 9.18 Å². The van der Waals surface area contributed by atoms with E-state index in [1.165, 1.54) is 12.1 Å². The van der Waals surface area contributed by atoms with Gasteiger partial charge >= 0.3 is 0 Å². The topological polar surface area (TPSA) is 28.5 Å². The lowest BCUT2D eigenvalue weighted by molar-refractivity contribution is 0.0737. The fourth-order valence-electron chi connectivity index (χ4n) is 4.10. The zero-order chi connectivity index (χ0) is 21.4. The number of rotatable bonds is 4. The van der Waals surface area contributed by atoms with Gasteiger partial charge < -0.3 is 14.4 Å². The van der Waals surface area contributed by atoms with Crippen LogP contribution in [0.15, 0.2) is 66.0 Å². The summed E-state index contributed by atoms with van der Waals surface area (Å²) in [5, 5.41) is 2.75. The quantitative estimate of drug-likeness (QED) is 0.408. The van der Waals surface area contributed by atoms with Crippen LogP contribution in [0.1, 0.15) is 16.1 Å². The highest BCUT2D eigenvalue weighted by molar-refractivity contribution is 7.17. The number of benzene rings is 2. The minimum atomic E-state index is -0.259. The standard InChI is InChI=1S/C24H21ClFN3OS/c25-18-2-1-3-20(14-18)27-9-11-28(12-10-27)24(30)22-15-23-21(8-13-31-23)29(22)16-17-4-6-19(26)7-5-17/h1-8,13-15H,9-12,16H2. The van der Waals surface area contributed by atoms with Gasteiger partial charge in [0.2, 0.25) is 0 Å². The third-order valence-corrected chi connectivity index (χ3v) is 6.82. The molecule has 5 rings (SSSR count). The van der Waals surface area contributed by atoms with Gasteiger partial charge in [0.05, 0.1) is 10.2 Å². The Balaban J connectivity index is 1.36. The molecule has 1 aliphatic heterocycles. The van der Waals surface area contributed by atoms with Crippen molar-refractivity contribution >= 4 is 44.7 Å². The van der Waals surface area contributed by atoms with E-state index in [1.54, 1.807) is 23.5 Å². The lowest BCUT2D eigenvalue weighted by Crippen LogP contribution is -2.49. The van der Waals surface area contributed by atoms with Crippen molar-refractivity contribution in [1.29, 1.82) is 0 Å². The average molecular weight is 454 g/mol. The van der Waals surface area contributed by atoms with Gasteiger partial charge in [-0.1, -0.05) is 29.8 Å². The van der Waals surface area contributed by atoms with Crippen LogP contribution in [0.5, 0.6) is 0 Å². The Morgan fingerprint density at radius 3 is 2.52 bits per heavy atom. The molecule has 4 nitrogen and oxygen atoms in total.